The first kappa shape index (κ1) is 14.4. The van der Waals surface area contributed by atoms with Crippen molar-refractivity contribution in [2.24, 2.45) is 0 Å². The maximum absolute atomic E-state index is 12.4. The molecule has 5 nitrogen and oxygen atoms in total. The zero-order valence-electron chi connectivity index (χ0n) is 12.3. The number of carbonyl (C=O) groups is 2. The number of anilines is 1. The van der Waals surface area contributed by atoms with E-state index in [9.17, 15) is 9.59 Å². The lowest BCUT2D eigenvalue weighted by molar-refractivity contribution is -0.127. The van der Waals surface area contributed by atoms with E-state index in [0.717, 1.165) is 16.5 Å². The third-order valence-electron chi connectivity index (χ3n) is 4.18. The lowest BCUT2D eigenvalue weighted by Crippen LogP contribution is -2.57. The molecule has 2 atom stereocenters. The van der Waals surface area contributed by atoms with Crippen molar-refractivity contribution in [2.75, 3.05) is 11.9 Å². The van der Waals surface area contributed by atoms with Gasteiger partial charge >= 0.3 is 6.09 Å². The average molecular weight is 298 g/mol. The highest BCUT2D eigenvalue weighted by Crippen LogP contribution is 2.25. The Morgan fingerprint density at radius 1 is 1.23 bits per heavy atom. The van der Waals surface area contributed by atoms with Crippen molar-refractivity contribution in [3.63, 3.8) is 0 Å². The van der Waals surface area contributed by atoms with Crippen LogP contribution in [0, 0.1) is 0 Å². The van der Waals surface area contributed by atoms with Gasteiger partial charge in [-0.3, -0.25) is 9.69 Å². The van der Waals surface area contributed by atoms with Gasteiger partial charge in [-0.15, -0.1) is 0 Å². The third-order valence-corrected chi connectivity index (χ3v) is 4.18. The maximum atomic E-state index is 12.4. The van der Waals surface area contributed by atoms with Crippen LogP contribution in [0.4, 0.5) is 10.5 Å². The Bertz CT molecular complexity index is 723. The first-order chi connectivity index (χ1) is 10.6. The minimum Gasteiger partial charge on any atom is -0.465 e. The molecule has 3 rings (SSSR count). The topological polar surface area (TPSA) is 69.6 Å². The van der Waals surface area contributed by atoms with Crippen molar-refractivity contribution in [3.05, 3.63) is 42.5 Å². The van der Waals surface area contributed by atoms with Gasteiger partial charge in [-0.05, 0) is 24.8 Å². The van der Waals surface area contributed by atoms with E-state index < -0.39 is 18.2 Å². The second-order valence-corrected chi connectivity index (χ2v) is 5.58. The lowest BCUT2D eigenvalue weighted by atomic mass is 9.95. The summed E-state index contributed by atoms with van der Waals surface area (Å²) >= 11 is 0. The fraction of sp³-hybridized carbons (Fsp3) is 0.294. The van der Waals surface area contributed by atoms with E-state index in [1.165, 1.54) is 4.90 Å². The van der Waals surface area contributed by atoms with E-state index >= 15 is 0 Å². The molecule has 1 fully saturated rings. The molecule has 2 aromatic rings. The van der Waals surface area contributed by atoms with Crippen LogP contribution in [0.5, 0.6) is 0 Å². The summed E-state index contributed by atoms with van der Waals surface area (Å²) in [5.74, 6) is -0.0819. The Hall–Kier alpha value is -2.56. The number of likely N-dealkylation sites (tertiary alicyclic amines) is 1. The maximum Gasteiger partial charge on any atom is 0.407 e. The Morgan fingerprint density at radius 2 is 1.95 bits per heavy atom. The Kier molecular flexibility index (Phi) is 3.71. The van der Waals surface area contributed by atoms with Gasteiger partial charge in [0.25, 0.3) is 0 Å². The molecule has 0 aromatic heterocycles. The summed E-state index contributed by atoms with van der Waals surface area (Å²) in [6.07, 6.45) is -0.422. The van der Waals surface area contributed by atoms with E-state index in [0.29, 0.717) is 13.0 Å². The van der Waals surface area contributed by atoms with Crippen LogP contribution in [0.3, 0.4) is 0 Å². The molecule has 2 unspecified atom stereocenters. The summed E-state index contributed by atoms with van der Waals surface area (Å²) in [5.41, 5.74) is 0.889. The minimum absolute atomic E-state index is 0.0819. The number of fused-ring (bicyclic) bond motifs is 1. The molecule has 1 amide bonds. The van der Waals surface area contributed by atoms with Crippen molar-refractivity contribution in [1.82, 2.24) is 4.90 Å². The second-order valence-electron chi connectivity index (χ2n) is 5.58. The largest absolute Gasteiger partial charge is 0.465 e. The van der Waals surface area contributed by atoms with E-state index in [1.54, 1.807) is 6.92 Å². The summed E-state index contributed by atoms with van der Waals surface area (Å²) < 4.78 is 0. The van der Waals surface area contributed by atoms with Crippen LogP contribution in [0.2, 0.25) is 0 Å². The molecule has 0 bridgehead atoms. The van der Waals surface area contributed by atoms with Crippen LogP contribution in [-0.4, -0.2) is 40.5 Å². The number of Topliss-reactive ketones (excluding diaryl/α,β-unsaturated/α-hetero) is 1. The van der Waals surface area contributed by atoms with Gasteiger partial charge < -0.3 is 10.4 Å². The van der Waals surface area contributed by atoms with Crippen LogP contribution in [-0.2, 0) is 4.79 Å². The quantitative estimate of drug-likeness (QED) is 0.910. The normalized spacial score (nSPS) is 18.6. The molecule has 0 spiro atoms. The van der Waals surface area contributed by atoms with Crippen molar-refractivity contribution in [2.45, 2.75) is 25.4 Å². The Morgan fingerprint density at radius 3 is 2.64 bits per heavy atom. The number of amides is 1. The number of carbonyl (C=O) groups excluding carboxylic acids is 1. The summed E-state index contributed by atoms with van der Waals surface area (Å²) in [6, 6.07) is 12.9. The predicted molar refractivity (Wildman–Crippen MR) is 85.2 cm³/mol. The van der Waals surface area contributed by atoms with Gasteiger partial charge in [-0.25, -0.2) is 4.79 Å². The van der Waals surface area contributed by atoms with Gasteiger partial charge in [0.15, 0.2) is 5.78 Å². The van der Waals surface area contributed by atoms with E-state index in [1.807, 2.05) is 42.5 Å². The number of rotatable bonds is 4. The number of hydrogen-bond acceptors (Lipinski definition) is 3. The lowest BCUT2D eigenvalue weighted by Gasteiger charge is -2.38. The Balaban J connectivity index is 1.77. The van der Waals surface area contributed by atoms with E-state index in [4.69, 9.17) is 5.11 Å². The van der Waals surface area contributed by atoms with Gasteiger partial charge in [-0.2, -0.15) is 0 Å². The molecule has 0 aliphatic carbocycles. The monoisotopic (exact) mass is 298 g/mol. The molecule has 114 valence electrons. The Labute approximate surface area is 128 Å². The predicted octanol–water partition coefficient (Wildman–Crippen LogP) is 2.96. The van der Waals surface area contributed by atoms with Crippen LogP contribution < -0.4 is 5.32 Å². The smallest absolute Gasteiger partial charge is 0.407 e. The highest BCUT2D eigenvalue weighted by atomic mass is 16.4. The zero-order valence-corrected chi connectivity index (χ0v) is 12.3. The number of ketones is 1. The second kappa shape index (κ2) is 5.67. The average Bonchev–Trinajstić information content (AvgIpc) is 2.45. The molecule has 2 aromatic carbocycles. The summed E-state index contributed by atoms with van der Waals surface area (Å²) in [6.45, 7) is 2.22. The number of benzene rings is 2. The summed E-state index contributed by atoms with van der Waals surface area (Å²) in [5, 5.41) is 14.4. The zero-order chi connectivity index (χ0) is 15.7. The molecule has 1 saturated heterocycles. The summed E-state index contributed by atoms with van der Waals surface area (Å²) in [4.78, 5) is 24.6. The van der Waals surface area contributed by atoms with Gasteiger partial charge in [0.2, 0.25) is 0 Å². The molecule has 0 radical (unpaired) electrons. The number of carboxylic acid groups (broad SMARTS) is 1. The molecular weight excluding hydrogens is 280 g/mol. The van der Waals surface area contributed by atoms with E-state index in [-0.39, 0.29) is 5.78 Å². The standard InChI is InChI=1S/C17H18N2O3/c1-11(16(20)15-9-10-19(15)17(21)22)18-14-8-4-6-12-5-2-3-7-13(12)14/h2-8,11,15,18H,9-10H2,1H3,(H,21,22). The van der Waals surface area contributed by atoms with Crippen molar-refractivity contribution >= 4 is 28.3 Å². The van der Waals surface area contributed by atoms with Crippen molar-refractivity contribution in [1.29, 1.82) is 0 Å². The number of nitrogens with one attached hydrogen (secondary N) is 1. The molecule has 22 heavy (non-hydrogen) atoms. The third kappa shape index (κ3) is 2.50. The molecular formula is C17H18N2O3. The van der Waals surface area contributed by atoms with Crippen LogP contribution in [0.1, 0.15) is 13.3 Å². The molecule has 0 saturated carbocycles. The fourth-order valence-corrected chi connectivity index (χ4v) is 2.86. The molecule has 2 N–H and O–H groups in total. The highest BCUT2D eigenvalue weighted by molar-refractivity contribution is 5.98. The van der Waals surface area contributed by atoms with Gasteiger partial charge in [0.1, 0.15) is 0 Å². The molecule has 1 heterocycles. The van der Waals surface area contributed by atoms with Crippen LogP contribution in [0.15, 0.2) is 42.5 Å². The van der Waals surface area contributed by atoms with Gasteiger partial charge in [0.05, 0.1) is 12.1 Å². The number of hydrogen-bond donors (Lipinski definition) is 2. The van der Waals surface area contributed by atoms with Gasteiger partial charge in [0, 0.05) is 17.6 Å². The van der Waals surface area contributed by atoms with Crippen LogP contribution >= 0.6 is 0 Å². The molecule has 1 aliphatic heterocycles. The van der Waals surface area contributed by atoms with E-state index in [2.05, 4.69) is 5.32 Å². The fourth-order valence-electron chi connectivity index (χ4n) is 2.86. The highest BCUT2D eigenvalue weighted by Gasteiger charge is 2.39. The molecule has 5 heteroatoms. The van der Waals surface area contributed by atoms with Gasteiger partial charge in [-0.1, -0.05) is 36.4 Å². The first-order valence-electron chi connectivity index (χ1n) is 7.35. The molecule has 1 aliphatic rings. The van der Waals surface area contributed by atoms with Crippen molar-refractivity contribution < 1.29 is 14.7 Å². The minimum atomic E-state index is -1.03. The number of nitrogens with zero attached hydrogens (tertiary/aromatic N) is 1. The van der Waals surface area contributed by atoms with Crippen molar-refractivity contribution in [3.8, 4) is 0 Å². The SMILES string of the molecule is CC(Nc1cccc2ccccc12)C(=O)C1CCN1C(=O)O. The first-order valence-corrected chi connectivity index (χ1v) is 7.35. The summed E-state index contributed by atoms with van der Waals surface area (Å²) in [7, 11) is 0. The van der Waals surface area contributed by atoms with Crippen LogP contribution in [0.25, 0.3) is 10.8 Å².